The molecule has 0 unspecified atom stereocenters. The molecule has 0 aromatic carbocycles. The fourth-order valence-electron chi connectivity index (χ4n) is 0. The Morgan fingerprint density at radius 1 is 0.227 bits per heavy atom. The topological polar surface area (TPSA) is 0 Å². The van der Waals surface area contributed by atoms with E-state index in [0.29, 0.717) is 0 Å². The van der Waals surface area contributed by atoms with Crippen molar-refractivity contribution in [2.75, 3.05) is 0 Å². The molecular formula is CoF18P3. The quantitative estimate of drug-likeness (QED) is 0.232. The normalized spacial score (nSPS) is 22.1. The van der Waals surface area contributed by atoms with Gasteiger partial charge >= 0.3 is 116 Å². The van der Waals surface area contributed by atoms with E-state index in [1.54, 1.807) is 0 Å². The van der Waals surface area contributed by atoms with Crippen molar-refractivity contribution < 1.29 is 92.3 Å². The van der Waals surface area contributed by atoms with Crippen molar-refractivity contribution in [3.8, 4) is 0 Å². The molecule has 0 aliphatic rings. The maximum Gasteiger partial charge on any atom is 3.00 e. The zero-order valence-corrected chi connectivity index (χ0v) is 12.2. The van der Waals surface area contributed by atoms with Crippen molar-refractivity contribution in [1.29, 1.82) is 0 Å². The summed E-state index contributed by atoms with van der Waals surface area (Å²) in [4.78, 5) is 0. The summed E-state index contributed by atoms with van der Waals surface area (Å²) in [5, 5.41) is 0. The summed E-state index contributed by atoms with van der Waals surface area (Å²) in [6.07, 6.45) is 0. The van der Waals surface area contributed by atoms with Crippen LogP contribution in [0.25, 0.3) is 0 Å². The van der Waals surface area contributed by atoms with Gasteiger partial charge in [0.05, 0.1) is 0 Å². The van der Waals surface area contributed by atoms with Gasteiger partial charge in [-0.3, -0.25) is 0 Å². The van der Waals surface area contributed by atoms with Gasteiger partial charge in [0.2, 0.25) is 0 Å². The van der Waals surface area contributed by atoms with E-state index in [9.17, 15) is 75.5 Å². The van der Waals surface area contributed by atoms with E-state index in [1.807, 2.05) is 0 Å². The van der Waals surface area contributed by atoms with Crippen molar-refractivity contribution in [3.05, 3.63) is 0 Å². The summed E-state index contributed by atoms with van der Waals surface area (Å²) in [5.74, 6) is 0. The Balaban J connectivity index is -0.000000108. The Morgan fingerprint density at radius 3 is 0.227 bits per heavy atom. The molecule has 150 valence electrons. The third kappa shape index (κ3) is 27200. The van der Waals surface area contributed by atoms with Gasteiger partial charge in [-0.05, 0) is 0 Å². The van der Waals surface area contributed by atoms with Crippen molar-refractivity contribution >= 4 is 23.4 Å². The summed E-state index contributed by atoms with van der Waals surface area (Å²) < 4.78 is 178. The van der Waals surface area contributed by atoms with E-state index in [1.165, 1.54) is 0 Å². The van der Waals surface area contributed by atoms with Crippen molar-refractivity contribution in [2.45, 2.75) is 0 Å². The van der Waals surface area contributed by atoms with Gasteiger partial charge in [-0.1, -0.05) is 0 Å². The minimum Gasteiger partial charge on any atom is 3.00 e. The summed E-state index contributed by atoms with van der Waals surface area (Å²) in [6, 6.07) is 0. The van der Waals surface area contributed by atoms with Crippen LogP contribution in [0.15, 0.2) is 0 Å². The SMILES string of the molecule is F[P-](F)(F)(F)(F)F.F[P-](F)(F)(F)(F)F.F[P-](F)(F)(F)(F)F.[Co+3]. The molecule has 0 aromatic heterocycles. The molecule has 0 aliphatic heterocycles. The average molecular weight is 494 g/mol. The first-order chi connectivity index (χ1) is 7.35. The van der Waals surface area contributed by atoms with Crippen molar-refractivity contribution in [1.82, 2.24) is 0 Å². The van der Waals surface area contributed by atoms with Crippen LogP contribution in [0.1, 0.15) is 0 Å². The fourth-order valence-corrected chi connectivity index (χ4v) is 0. The summed E-state index contributed by atoms with van der Waals surface area (Å²) in [5.41, 5.74) is 0. The van der Waals surface area contributed by atoms with E-state index in [-0.39, 0.29) is 16.8 Å². The van der Waals surface area contributed by atoms with E-state index >= 15 is 0 Å². The van der Waals surface area contributed by atoms with Crippen LogP contribution in [0.3, 0.4) is 0 Å². The molecule has 0 N–H and O–H groups in total. The molecule has 22 heavy (non-hydrogen) atoms. The summed E-state index contributed by atoms with van der Waals surface area (Å²) in [6.45, 7) is 0. The molecule has 0 bridgehead atoms. The van der Waals surface area contributed by atoms with Gasteiger partial charge in [0.25, 0.3) is 0 Å². The van der Waals surface area contributed by atoms with Gasteiger partial charge in [-0.15, -0.1) is 0 Å². The molecule has 0 atom stereocenters. The molecule has 0 amide bonds. The van der Waals surface area contributed by atoms with Crippen LogP contribution in [-0.2, 0) is 16.8 Å². The molecule has 22 heteroatoms. The van der Waals surface area contributed by atoms with Crippen molar-refractivity contribution in [2.24, 2.45) is 0 Å². The zero-order chi connectivity index (χ0) is 19.2. The van der Waals surface area contributed by atoms with Gasteiger partial charge in [-0.2, -0.15) is 0 Å². The monoisotopic (exact) mass is 494 g/mol. The predicted octanol–water partition coefficient (Wildman–Crippen LogP) is 10.1. The standard InChI is InChI=1S/Co.3F6P/c;3*1-7(2,3,4,5)6/q+3;3*-1. The van der Waals surface area contributed by atoms with E-state index in [0.717, 1.165) is 0 Å². The van der Waals surface area contributed by atoms with Crippen LogP contribution in [-0.4, -0.2) is 0 Å². The number of rotatable bonds is 0. The predicted molar refractivity (Wildman–Crippen MR) is 40.7 cm³/mol. The molecule has 0 heterocycles. The molecule has 0 aromatic rings. The van der Waals surface area contributed by atoms with E-state index < -0.39 is 23.4 Å². The van der Waals surface area contributed by atoms with E-state index in [2.05, 4.69) is 0 Å². The summed E-state index contributed by atoms with van der Waals surface area (Å²) >= 11 is 0. The zero-order valence-electron chi connectivity index (χ0n) is 8.48. The van der Waals surface area contributed by atoms with Crippen LogP contribution in [0, 0.1) is 0 Å². The molecule has 0 nitrogen and oxygen atoms in total. The molecule has 0 fully saturated rings. The van der Waals surface area contributed by atoms with Crippen LogP contribution in [0.4, 0.5) is 75.5 Å². The largest absolute Gasteiger partial charge is 3.00 e. The smallest absolute Gasteiger partial charge is 3.00 e. The molecule has 0 saturated heterocycles. The average Bonchev–Trinajstić information content (AvgIpc) is 1.19. The first-order valence-electron chi connectivity index (χ1n) is 3.04. The Morgan fingerprint density at radius 2 is 0.227 bits per heavy atom. The Labute approximate surface area is 117 Å². The third-order valence-corrected chi connectivity index (χ3v) is 0. The molecule has 0 radical (unpaired) electrons. The number of halogens is 18. The Bertz CT molecular complexity index is 265. The van der Waals surface area contributed by atoms with Crippen LogP contribution in [0.2, 0.25) is 0 Å². The fraction of sp³-hybridized carbons (Fsp3) is 0. The van der Waals surface area contributed by atoms with Gasteiger partial charge in [-0.25, -0.2) is 0 Å². The first kappa shape index (κ1) is 30.4. The van der Waals surface area contributed by atoms with Crippen LogP contribution >= 0.6 is 23.4 Å². The molecular weight excluding hydrogens is 494 g/mol. The minimum absolute atomic E-state index is 0. The second-order valence-electron chi connectivity index (χ2n) is 2.87. The number of hydrogen-bond donors (Lipinski definition) is 0. The van der Waals surface area contributed by atoms with E-state index in [4.69, 9.17) is 0 Å². The molecule has 0 rings (SSSR count). The van der Waals surface area contributed by atoms with Gasteiger partial charge in [0.1, 0.15) is 0 Å². The maximum absolute atomic E-state index is 10.7. The Hall–Kier alpha value is 0.536. The Kier molecular flexibility index (Phi) is 6.06. The number of hydrogen-bond acceptors (Lipinski definition) is 0. The van der Waals surface area contributed by atoms with Crippen LogP contribution < -0.4 is 0 Å². The summed E-state index contributed by atoms with van der Waals surface area (Å²) in [7, 11) is -32.0. The van der Waals surface area contributed by atoms with Crippen molar-refractivity contribution in [3.63, 3.8) is 0 Å². The second kappa shape index (κ2) is 4.38. The van der Waals surface area contributed by atoms with Gasteiger partial charge in [0, 0.05) is 0 Å². The third-order valence-electron chi connectivity index (χ3n) is 0. The van der Waals surface area contributed by atoms with Crippen LogP contribution in [0.5, 0.6) is 0 Å². The first-order valence-corrected chi connectivity index (χ1v) is 9.13. The molecule has 0 aliphatic carbocycles. The molecule has 0 saturated carbocycles. The minimum atomic E-state index is -10.7. The van der Waals surface area contributed by atoms with Gasteiger partial charge < -0.3 is 0 Å². The second-order valence-corrected chi connectivity index (χ2v) is 8.62. The molecule has 0 spiro atoms. The van der Waals surface area contributed by atoms with Gasteiger partial charge in [0.15, 0.2) is 0 Å². The maximum atomic E-state index is 9.87.